The molecule has 0 fully saturated rings. The van der Waals surface area contributed by atoms with Crippen LogP contribution in [0.15, 0.2) is 48.5 Å². The molecule has 2 rings (SSSR count). The van der Waals surface area contributed by atoms with Gasteiger partial charge in [0, 0.05) is 30.8 Å². The lowest BCUT2D eigenvalue weighted by molar-refractivity contribution is -0.384. The third kappa shape index (κ3) is 4.89. The first-order valence-corrected chi connectivity index (χ1v) is 8.27. The number of hydrogen-bond acceptors (Lipinski definition) is 4. The molecular weight excluding hydrogens is 334 g/mol. The molecule has 0 atom stereocenters. The molecule has 0 unspecified atom stereocenters. The number of aryl methyl sites for hydroxylation is 1. The van der Waals surface area contributed by atoms with Crippen molar-refractivity contribution >= 4 is 17.5 Å². The van der Waals surface area contributed by atoms with Gasteiger partial charge in [0.1, 0.15) is 0 Å². The van der Waals surface area contributed by atoms with Crippen molar-refractivity contribution in [3.8, 4) is 0 Å². The van der Waals surface area contributed by atoms with Crippen LogP contribution in [-0.2, 0) is 11.3 Å². The lowest BCUT2D eigenvalue weighted by Gasteiger charge is -2.22. The largest absolute Gasteiger partial charge is 0.343 e. The van der Waals surface area contributed by atoms with Gasteiger partial charge in [-0.25, -0.2) is 0 Å². The molecule has 2 aromatic rings. The number of benzene rings is 2. The monoisotopic (exact) mass is 355 g/mol. The molecule has 0 spiro atoms. The number of carbonyl (C=O) groups excluding carboxylic acids is 2. The Hall–Kier alpha value is -3.22. The van der Waals surface area contributed by atoms with E-state index < -0.39 is 10.8 Å². The van der Waals surface area contributed by atoms with Crippen molar-refractivity contribution < 1.29 is 14.5 Å². The minimum atomic E-state index is -0.567. The van der Waals surface area contributed by atoms with Gasteiger partial charge in [-0.3, -0.25) is 19.7 Å². The van der Waals surface area contributed by atoms with Crippen LogP contribution in [0.4, 0.5) is 5.69 Å². The predicted molar refractivity (Wildman–Crippen MR) is 97.7 cm³/mol. The van der Waals surface area contributed by atoms with Crippen molar-refractivity contribution in [1.29, 1.82) is 0 Å². The summed E-state index contributed by atoms with van der Waals surface area (Å²) in [6, 6.07) is 13.2. The van der Waals surface area contributed by atoms with Crippen LogP contribution in [0.3, 0.4) is 0 Å². The summed E-state index contributed by atoms with van der Waals surface area (Å²) < 4.78 is 0. The average Bonchev–Trinajstić information content (AvgIpc) is 2.65. The van der Waals surface area contributed by atoms with Gasteiger partial charge in [0.05, 0.1) is 11.5 Å². The Kier molecular flexibility index (Phi) is 6.43. The highest BCUT2D eigenvalue weighted by molar-refractivity contribution is 5.96. The number of hydrogen-bond donors (Lipinski definition) is 1. The van der Waals surface area contributed by atoms with Crippen LogP contribution in [0.25, 0.3) is 0 Å². The fraction of sp³-hybridized carbons (Fsp3) is 0.263. The fourth-order valence-corrected chi connectivity index (χ4v) is 2.50. The zero-order chi connectivity index (χ0) is 19.1. The number of amides is 2. The molecule has 0 saturated heterocycles. The van der Waals surface area contributed by atoms with Crippen LogP contribution in [0.1, 0.15) is 28.4 Å². The van der Waals surface area contributed by atoms with E-state index in [0.717, 1.165) is 11.1 Å². The number of nitrogens with zero attached hydrogens (tertiary/aromatic N) is 2. The van der Waals surface area contributed by atoms with E-state index in [2.05, 4.69) is 5.32 Å². The van der Waals surface area contributed by atoms with E-state index in [1.807, 2.05) is 38.1 Å². The zero-order valence-corrected chi connectivity index (χ0v) is 14.8. The molecule has 0 aliphatic carbocycles. The molecule has 2 aromatic carbocycles. The van der Waals surface area contributed by atoms with Gasteiger partial charge in [0.15, 0.2) is 0 Å². The molecule has 0 aromatic heterocycles. The van der Waals surface area contributed by atoms with Crippen molar-refractivity contribution in [3.63, 3.8) is 0 Å². The second-order valence-electron chi connectivity index (χ2n) is 5.82. The highest BCUT2D eigenvalue weighted by Gasteiger charge is 2.16. The number of likely N-dealkylation sites (N-methyl/N-ethyl adjacent to an activating group) is 1. The maximum Gasteiger partial charge on any atom is 0.270 e. The first-order chi connectivity index (χ1) is 12.4. The first-order valence-electron chi connectivity index (χ1n) is 8.27. The topological polar surface area (TPSA) is 92.6 Å². The van der Waals surface area contributed by atoms with E-state index in [4.69, 9.17) is 0 Å². The quantitative estimate of drug-likeness (QED) is 0.610. The summed E-state index contributed by atoms with van der Waals surface area (Å²) in [4.78, 5) is 36.4. The van der Waals surface area contributed by atoms with Gasteiger partial charge < -0.3 is 10.2 Å². The maximum atomic E-state index is 12.4. The van der Waals surface area contributed by atoms with Gasteiger partial charge in [0.25, 0.3) is 11.6 Å². The number of carbonyl (C=O) groups is 2. The Labute approximate surface area is 151 Å². The van der Waals surface area contributed by atoms with Gasteiger partial charge in [-0.05, 0) is 31.0 Å². The molecule has 1 N–H and O–H groups in total. The third-order valence-corrected chi connectivity index (χ3v) is 4.08. The number of rotatable bonds is 7. The van der Waals surface area contributed by atoms with Crippen LogP contribution < -0.4 is 5.32 Å². The summed E-state index contributed by atoms with van der Waals surface area (Å²) in [7, 11) is 0. The molecule has 136 valence electrons. The Morgan fingerprint density at radius 3 is 2.54 bits per heavy atom. The van der Waals surface area contributed by atoms with E-state index in [9.17, 15) is 19.7 Å². The molecule has 26 heavy (non-hydrogen) atoms. The Morgan fingerprint density at radius 2 is 1.88 bits per heavy atom. The molecule has 0 bridgehead atoms. The smallest absolute Gasteiger partial charge is 0.270 e. The second kappa shape index (κ2) is 8.75. The lowest BCUT2D eigenvalue weighted by Crippen LogP contribution is -2.39. The lowest BCUT2D eigenvalue weighted by atomic mass is 10.1. The number of nitro benzene ring substituents is 1. The summed E-state index contributed by atoms with van der Waals surface area (Å²) in [5.41, 5.74) is 2.12. The van der Waals surface area contributed by atoms with Gasteiger partial charge in [-0.15, -0.1) is 0 Å². The summed E-state index contributed by atoms with van der Waals surface area (Å²) in [5, 5.41) is 13.3. The second-order valence-corrected chi connectivity index (χ2v) is 5.82. The number of nitro groups is 1. The van der Waals surface area contributed by atoms with E-state index in [-0.39, 0.29) is 23.7 Å². The minimum Gasteiger partial charge on any atom is -0.343 e. The number of nitrogens with one attached hydrogen (secondary N) is 1. The van der Waals surface area contributed by atoms with Crippen molar-refractivity contribution in [3.05, 3.63) is 75.3 Å². The molecule has 0 heterocycles. The molecule has 2 amide bonds. The van der Waals surface area contributed by atoms with Crippen LogP contribution in [0.5, 0.6) is 0 Å². The van der Waals surface area contributed by atoms with Crippen LogP contribution >= 0.6 is 0 Å². The SMILES string of the molecule is CCN(Cc1ccccc1C)C(=O)CNC(=O)c1cccc([N+](=O)[O-])c1. The predicted octanol–water partition coefficient (Wildman–Crippen LogP) is 2.68. The summed E-state index contributed by atoms with van der Waals surface area (Å²) in [5.74, 6) is -0.733. The van der Waals surface area contributed by atoms with Gasteiger partial charge in [-0.1, -0.05) is 30.3 Å². The zero-order valence-electron chi connectivity index (χ0n) is 14.8. The normalized spacial score (nSPS) is 10.2. The molecule has 0 aliphatic heterocycles. The third-order valence-electron chi connectivity index (χ3n) is 4.08. The van der Waals surface area contributed by atoms with Crippen molar-refractivity contribution in [2.45, 2.75) is 20.4 Å². The number of non-ortho nitro benzene ring substituents is 1. The molecule has 0 saturated carbocycles. The Balaban J connectivity index is 1.98. The Morgan fingerprint density at radius 1 is 1.15 bits per heavy atom. The molecular formula is C19H21N3O4. The fourth-order valence-electron chi connectivity index (χ4n) is 2.50. The molecule has 7 heteroatoms. The summed E-state index contributed by atoms with van der Waals surface area (Å²) in [6.45, 7) is 4.67. The van der Waals surface area contributed by atoms with Gasteiger partial charge in [-0.2, -0.15) is 0 Å². The van der Waals surface area contributed by atoms with Crippen LogP contribution in [-0.4, -0.2) is 34.7 Å². The van der Waals surface area contributed by atoms with Gasteiger partial charge in [0.2, 0.25) is 5.91 Å². The van der Waals surface area contributed by atoms with E-state index >= 15 is 0 Å². The van der Waals surface area contributed by atoms with Crippen LogP contribution in [0.2, 0.25) is 0 Å². The standard InChI is InChI=1S/C19H21N3O4/c1-3-21(13-16-8-5-4-7-14(16)2)18(23)12-20-19(24)15-9-6-10-17(11-15)22(25)26/h4-11H,3,12-13H2,1-2H3,(H,20,24). The highest BCUT2D eigenvalue weighted by atomic mass is 16.6. The van der Waals surface area contributed by atoms with Crippen molar-refractivity contribution in [2.24, 2.45) is 0 Å². The first kappa shape index (κ1) is 19.1. The molecule has 0 aliphatic rings. The van der Waals surface area contributed by atoms with Crippen molar-refractivity contribution in [1.82, 2.24) is 10.2 Å². The van der Waals surface area contributed by atoms with E-state index in [1.54, 1.807) is 4.90 Å². The van der Waals surface area contributed by atoms with Gasteiger partial charge >= 0.3 is 0 Å². The van der Waals surface area contributed by atoms with E-state index in [0.29, 0.717) is 13.1 Å². The summed E-state index contributed by atoms with van der Waals surface area (Å²) in [6.07, 6.45) is 0. The van der Waals surface area contributed by atoms with Crippen LogP contribution in [0, 0.1) is 17.0 Å². The molecule has 0 radical (unpaired) electrons. The average molecular weight is 355 g/mol. The maximum absolute atomic E-state index is 12.4. The summed E-state index contributed by atoms with van der Waals surface area (Å²) >= 11 is 0. The van der Waals surface area contributed by atoms with Crippen molar-refractivity contribution in [2.75, 3.05) is 13.1 Å². The minimum absolute atomic E-state index is 0.147. The Bertz CT molecular complexity index is 820. The molecule has 7 nitrogen and oxygen atoms in total. The highest BCUT2D eigenvalue weighted by Crippen LogP contribution is 2.13. The van der Waals surface area contributed by atoms with E-state index in [1.165, 1.54) is 24.3 Å².